The molecule has 0 saturated heterocycles. The van der Waals surface area contributed by atoms with Gasteiger partial charge in [-0.25, -0.2) is 13.1 Å². The molecule has 0 unspecified atom stereocenters. The average Bonchev–Trinajstić information content (AvgIpc) is 2.80. The van der Waals surface area contributed by atoms with Crippen LogP contribution in [0.3, 0.4) is 0 Å². The van der Waals surface area contributed by atoms with E-state index in [1.165, 1.54) is 7.05 Å². The van der Waals surface area contributed by atoms with Crippen LogP contribution in [0.25, 0.3) is 10.9 Å². The van der Waals surface area contributed by atoms with E-state index in [1.807, 2.05) is 0 Å². The van der Waals surface area contributed by atoms with Gasteiger partial charge in [0.25, 0.3) is 0 Å². The highest BCUT2D eigenvalue weighted by Gasteiger charge is 2.11. The first-order valence-corrected chi connectivity index (χ1v) is 7.67. The van der Waals surface area contributed by atoms with Crippen molar-refractivity contribution < 1.29 is 16.6 Å². The van der Waals surface area contributed by atoms with Crippen molar-refractivity contribution in [1.29, 1.82) is 0 Å². The van der Waals surface area contributed by atoms with Crippen LogP contribution in [0.15, 0.2) is 24.4 Å². The molecule has 0 aliphatic carbocycles. The van der Waals surface area contributed by atoms with E-state index in [1.54, 1.807) is 18.2 Å². The van der Waals surface area contributed by atoms with Crippen LogP contribution in [0.2, 0.25) is 0 Å². The number of benzene rings is 1. The van der Waals surface area contributed by atoms with Gasteiger partial charge in [-0.1, -0.05) is 6.07 Å². The number of likely N-dealkylation sites (N-methyl/N-ethyl adjacent to an activating group) is 1. The zero-order valence-electron chi connectivity index (χ0n) is 17.3. The van der Waals surface area contributed by atoms with Crippen molar-refractivity contribution in [1.82, 2.24) is 14.6 Å². The van der Waals surface area contributed by atoms with Crippen LogP contribution in [-0.4, -0.2) is 45.9 Å². The third-order valence-electron chi connectivity index (χ3n) is 2.92. The Balaban J connectivity index is 2.45. The highest BCUT2D eigenvalue weighted by Crippen LogP contribution is 2.21. The number of rotatable bonds is 6. The van der Waals surface area contributed by atoms with Crippen LogP contribution in [0.5, 0.6) is 0 Å². The lowest BCUT2D eigenvalue weighted by atomic mass is 10.1. The molecule has 20 heavy (non-hydrogen) atoms. The quantitative estimate of drug-likeness (QED) is 0.846. The molecule has 0 aliphatic heterocycles. The minimum Gasteiger partial charge on any atom is -0.361 e. The van der Waals surface area contributed by atoms with Gasteiger partial charge in [0.2, 0.25) is 10.0 Å². The average molecular weight is 301 g/mol. The topological polar surface area (TPSA) is 65.2 Å². The molecular weight excluding hydrogens is 274 g/mol. The van der Waals surface area contributed by atoms with Crippen LogP contribution < -0.4 is 4.72 Å². The van der Waals surface area contributed by atoms with Crippen LogP contribution >= 0.6 is 0 Å². The largest absolute Gasteiger partial charge is 0.361 e. The van der Waals surface area contributed by atoms with Crippen molar-refractivity contribution >= 4 is 20.9 Å². The number of nitrogens with one attached hydrogen (secondary N) is 2. The molecule has 0 aliphatic rings. The summed E-state index contributed by atoms with van der Waals surface area (Å²) in [5.74, 6) is -0.251. The minimum atomic E-state index is -3.48. The molecule has 0 fully saturated rings. The fraction of sp³-hybridized carbons (Fsp3) is 0.429. The molecule has 110 valence electrons. The summed E-state index contributed by atoms with van der Waals surface area (Å²) in [5, 5.41) is 0.501. The highest BCUT2D eigenvalue weighted by molar-refractivity contribution is 7.88. The molecule has 1 heterocycles. The van der Waals surface area contributed by atoms with Gasteiger partial charge in [-0.15, -0.1) is 0 Å². The molecule has 2 N–H and O–H groups in total. The number of aryl methyl sites for hydroxylation is 1. The zero-order chi connectivity index (χ0) is 19.9. The van der Waals surface area contributed by atoms with Gasteiger partial charge in [0.05, 0.1) is 7.12 Å². The predicted molar refractivity (Wildman–Crippen MR) is 82.2 cm³/mol. The third-order valence-corrected chi connectivity index (χ3v) is 4.25. The van der Waals surface area contributed by atoms with E-state index in [2.05, 4.69) is 9.71 Å². The molecule has 1 aromatic carbocycles. The van der Waals surface area contributed by atoms with Crippen LogP contribution in [-0.2, 0) is 22.2 Å². The Morgan fingerprint density at radius 1 is 1.55 bits per heavy atom. The molecule has 0 bridgehead atoms. The molecule has 6 heteroatoms. The normalized spacial score (nSPS) is 18.1. The number of hydrogen-bond donors (Lipinski definition) is 2. The van der Waals surface area contributed by atoms with Gasteiger partial charge in [0, 0.05) is 30.4 Å². The number of hydrogen-bond acceptors (Lipinski definition) is 3. The van der Waals surface area contributed by atoms with Gasteiger partial charge in [-0.05, 0) is 50.8 Å². The van der Waals surface area contributed by atoms with Crippen molar-refractivity contribution in [3.05, 3.63) is 35.5 Å². The van der Waals surface area contributed by atoms with Crippen LogP contribution in [0, 0.1) is 0 Å². The van der Waals surface area contributed by atoms with Gasteiger partial charge in [-0.2, -0.15) is 0 Å². The Morgan fingerprint density at radius 3 is 3.05 bits per heavy atom. The van der Waals surface area contributed by atoms with Gasteiger partial charge in [0.1, 0.15) is 0 Å². The smallest absolute Gasteiger partial charge is 0.215 e. The molecule has 2 rings (SSSR count). The van der Waals surface area contributed by atoms with E-state index < -0.39 is 23.5 Å². The first-order valence-electron chi connectivity index (χ1n) is 9.02. The second-order valence-corrected chi connectivity index (χ2v) is 6.39. The van der Waals surface area contributed by atoms with E-state index in [0.29, 0.717) is 26.9 Å². The van der Waals surface area contributed by atoms with Crippen molar-refractivity contribution in [2.24, 2.45) is 0 Å². The molecule has 1 aromatic heterocycles. The summed E-state index contributed by atoms with van der Waals surface area (Å²) in [4.78, 5) is 3.45. The summed E-state index contributed by atoms with van der Waals surface area (Å²) < 4.78 is 72.1. The van der Waals surface area contributed by atoms with E-state index >= 15 is 0 Å². The molecule has 0 saturated carbocycles. The number of fused-ring (bicyclic) bond motifs is 1. The summed E-state index contributed by atoms with van der Waals surface area (Å²) in [6, 6.07) is 4.82. The van der Waals surface area contributed by atoms with E-state index in [-0.39, 0.29) is 18.3 Å². The van der Waals surface area contributed by atoms with Gasteiger partial charge >= 0.3 is 0 Å². The van der Waals surface area contributed by atoms with Crippen LogP contribution in [0.4, 0.5) is 0 Å². The number of aromatic nitrogens is 1. The second-order valence-electron chi connectivity index (χ2n) is 4.47. The van der Waals surface area contributed by atoms with E-state index in [0.717, 1.165) is 7.05 Å². The molecule has 0 atom stereocenters. The Labute approximate surface area is 128 Å². The van der Waals surface area contributed by atoms with E-state index in [4.69, 9.17) is 8.22 Å². The summed E-state index contributed by atoms with van der Waals surface area (Å²) in [5.41, 5.74) is 1.34. The number of aromatic amines is 1. The summed E-state index contributed by atoms with van der Waals surface area (Å²) in [7, 11) is -1.000. The first kappa shape index (κ1) is 8.81. The SMILES string of the molecule is [2H]c1[nH]c2ccc(CS(=O)(=O)NC)cc2c1CC([2H])([2H])N(C)C([2H])([2H])[2H]. The fourth-order valence-corrected chi connectivity index (χ4v) is 2.64. The molecule has 0 radical (unpaired) electrons. The van der Waals surface area contributed by atoms with Gasteiger partial charge < -0.3 is 9.88 Å². The number of H-pyrrole nitrogens is 1. The maximum atomic E-state index is 11.7. The lowest BCUT2D eigenvalue weighted by Gasteiger charge is -2.08. The first-order chi connectivity index (χ1) is 11.8. The third kappa shape index (κ3) is 3.59. The lowest BCUT2D eigenvalue weighted by Crippen LogP contribution is -2.20. The van der Waals surface area contributed by atoms with Gasteiger partial charge in [-0.3, -0.25) is 0 Å². The van der Waals surface area contributed by atoms with Crippen LogP contribution in [0.1, 0.15) is 19.4 Å². The Hall–Kier alpha value is -1.37. The Bertz CT molecular complexity index is 907. The minimum absolute atomic E-state index is 0.0311. The van der Waals surface area contributed by atoms with Crippen molar-refractivity contribution in [3.8, 4) is 0 Å². The lowest BCUT2D eigenvalue weighted by molar-refractivity contribution is 0.414. The van der Waals surface area contributed by atoms with E-state index in [9.17, 15) is 8.42 Å². The molecule has 0 amide bonds. The van der Waals surface area contributed by atoms with Crippen molar-refractivity contribution in [2.75, 3.05) is 27.6 Å². The zero-order valence-corrected chi connectivity index (χ0v) is 12.1. The van der Waals surface area contributed by atoms with Crippen molar-refractivity contribution in [2.45, 2.75) is 12.2 Å². The Morgan fingerprint density at radius 2 is 2.35 bits per heavy atom. The Kier molecular flexibility index (Phi) is 2.62. The maximum absolute atomic E-state index is 11.7. The van der Waals surface area contributed by atoms with Gasteiger partial charge in [0.15, 0.2) is 0 Å². The summed E-state index contributed by atoms with van der Waals surface area (Å²) in [6.07, 6.45) is -0.361. The fourth-order valence-electron chi connectivity index (χ4n) is 1.88. The standard InChI is InChI=1S/C14H21N3O2S/c1-15-20(18,19)10-11-4-5-14-13(8-11)12(9-16-14)6-7-17(2)3/h4-5,8-9,15-16H,6-7,10H2,1-3H3/i2D3,7D2,9D. The van der Waals surface area contributed by atoms with Crippen molar-refractivity contribution in [3.63, 3.8) is 0 Å². The number of nitrogens with zero attached hydrogens (tertiary/aromatic N) is 1. The monoisotopic (exact) mass is 301 g/mol. The summed E-state index contributed by atoms with van der Waals surface area (Å²) >= 11 is 0. The highest BCUT2D eigenvalue weighted by atomic mass is 32.2. The summed E-state index contributed by atoms with van der Waals surface area (Å²) in [6.45, 7) is -4.84. The maximum Gasteiger partial charge on any atom is 0.215 e. The predicted octanol–water partition coefficient (Wildman–Crippen LogP) is 1.32. The number of sulfonamides is 1. The molecule has 0 spiro atoms. The molecular formula is C14H21N3O2S. The second kappa shape index (κ2) is 5.95. The molecule has 5 nitrogen and oxygen atoms in total. The molecule has 2 aromatic rings.